The fraction of sp³-hybridized carbons (Fsp3) is 0.600. The Morgan fingerprint density at radius 3 is 2.13 bits per heavy atom. The topological polar surface area (TPSA) is 0 Å². The normalized spacial score (nSPS) is 19.5. The summed E-state index contributed by atoms with van der Waals surface area (Å²) in [6, 6.07) is 2.48. The first-order chi connectivity index (χ1) is 7.36. The van der Waals surface area contributed by atoms with E-state index >= 15 is 0 Å². The number of hydrogen-bond donors (Lipinski definition) is 0. The highest BCUT2D eigenvalue weighted by Gasteiger charge is 2.20. The molecule has 0 aromatic heterocycles. The second kappa shape index (κ2) is 3.66. The van der Waals surface area contributed by atoms with Gasteiger partial charge in [-0.3, -0.25) is 0 Å². The lowest BCUT2D eigenvalue weighted by atomic mass is 9.79. The predicted molar refractivity (Wildman–Crippen MR) is 64.5 cm³/mol. The van der Waals surface area contributed by atoms with Crippen molar-refractivity contribution in [3.63, 3.8) is 0 Å². The fourth-order valence-electron chi connectivity index (χ4n) is 3.45. The average molecular weight is 200 g/mol. The molecular weight excluding hydrogens is 180 g/mol. The molecule has 0 saturated carbocycles. The van der Waals surface area contributed by atoms with Crippen molar-refractivity contribution in [3.8, 4) is 0 Å². The zero-order valence-corrected chi connectivity index (χ0v) is 9.73. The molecule has 0 heterocycles. The first-order valence-electron chi connectivity index (χ1n) is 6.49. The molecule has 0 bridgehead atoms. The van der Waals surface area contributed by atoms with Crippen LogP contribution >= 0.6 is 0 Å². The molecule has 0 heteroatoms. The third-order valence-electron chi connectivity index (χ3n) is 4.21. The number of aryl methyl sites for hydroxylation is 2. The quantitative estimate of drug-likeness (QED) is 0.598. The minimum absolute atomic E-state index is 1.34. The van der Waals surface area contributed by atoms with Crippen LogP contribution in [0.5, 0.6) is 0 Å². The van der Waals surface area contributed by atoms with E-state index in [1.807, 2.05) is 0 Å². The third kappa shape index (κ3) is 1.51. The molecule has 0 N–H and O–H groups in total. The predicted octanol–water partition coefficient (Wildman–Crippen LogP) is 3.75. The van der Waals surface area contributed by atoms with Crippen LogP contribution in [0.15, 0.2) is 6.07 Å². The maximum Gasteiger partial charge on any atom is -0.0273 e. The second-order valence-corrected chi connectivity index (χ2v) is 5.20. The third-order valence-corrected chi connectivity index (χ3v) is 4.21. The van der Waals surface area contributed by atoms with Gasteiger partial charge in [0.25, 0.3) is 0 Å². The van der Waals surface area contributed by atoms with Gasteiger partial charge in [-0.15, -0.1) is 0 Å². The summed E-state index contributed by atoms with van der Waals surface area (Å²) >= 11 is 0. The van der Waals surface area contributed by atoms with Crippen molar-refractivity contribution in [2.45, 2.75) is 58.3 Å². The lowest BCUT2D eigenvalue weighted by Gasteiger charge is -2.27. The van der Waals surface area contributed by atoms with Crippen LogP contribution in [0.3, 0.4) is 0 Å². The monoisotopic (exact) mass is 200 g/mol. The molecule has 0 saturated heterocycles. The lowest BCUT2D eigenvalue weighted by molar-refractivity contribution is 0.637. The molecule has 2 aliphatic carbocycles. The smallest absolute Gasteiger partial charge is 0.0273 e. The molecular formula is C15H20. The van der Waals surface area contributed by atoms with E-state index in [0.29, 0.717) is 0 Å². The number of hydrogen-bond acceptors (Lipinski definition) is 0. The zero-order chi connectivity index (χ0) is 10.3. The molecule has 0 spiro atoms. The molecule has 0 radical (unpaired) electrons. The Labute approximate surface area is 92.7 Å². The zero-order valence-electron chi connectivity index (χ0n) is 9.73. The second-order valence-electron chi connectivity index (χ2n) is 5.20. The van der Waals surface area contributed by atoms with Gasteiger partial charge in [0.05, 0.1) is 0 Å². The standard InChI is InChI=1S/C15H20/c1-11-10-12-6-2-3-8-14(12)15-9-5-4-7-13(11)15/h10H,2-9H2,1H3. The van der Waals surface area contributed by atoms with Gasteiger partial charge in [-0.1, -0.05) is 6.07 Å². The number of fused-ring (bicyclic) bond motifs is 3. The van der Waals surface area contributed by atoms with Gasteiger partial charge in [-0.25, -0.2) is 0 Å². The summed E-state index contributed by atoms with van der Waals surface area (Å²) in [4.78, 5) is 0. The van der Waals surface area contributed by atoms with Crippen molar-refractivity contribution >= 4 is 0 Å². The van der Waals surface area contributed by atoms with Gasteiger partial charge in [0.15, 0.2) is 0 Å². The highest BCUT2D eigenvalue weighted by Crippen LogP contribution is 2.33. The Bertz CT molecular complexity index is 388. The van der Waals surface area contributed by atoms with Gasteiger partial charge >= 0.3 is 0 Å². The highest BCUT2D eigenvalue weighted by atomic mass is 14.2. The van der Waals surface area contributed by atoms with Crippen LogP contribution in [-0.2, 0) is 25.7 Å². The van der Waals surface area contributed by atoms with Crippen molar-refractivity contribution in [2.75, 3.05) is 0 Å². The SMILES string of the molecule is Cc1cc2c(c3c1CCCC3)CCCC2. The Hall–Kier alpha value is -0.780. The Kier molecular flexibility index (Phi) is 2.31. The molecule has 1 aromatic carbocycles. The van der Waals surface area contributed by atoms with Gasteiger partial charge in [0, 0.05) is 0 Å². The van der Waals surface area contributed by atoms with Crippen molar-refractivity contribution in [1.82, 2.24) is 0 Å². The Morgan fingerprint density at radius 2 is 1.33 bits per heavy atom. The molecule has 0 fully saturated rings. The van der Waals surface area contributed by atoms with Crippen molar-refractivity contribution in [1.29, 1.82) is 0 Å². The molecule has 80 valence electrons. The molecule has 0 aliphatic heterocycles. The summed E-state index contributed by atoms with van der Waals surface area (Å²) < 4.78 is 0. The highest BCUT2D eigenvalue weighted by molar-refractivity contribution is 5.48. The lowest BCUT2D eigenvalue weighted by Crippen LogP contribution is -2.14. The Balaban J connectivity index is 2.18. The molecule has 15 heavy (non-hydrogen) atoms. The van der Waals surface area contributed by atoms with Gasteiger partial charge in [0.1, 0.15) is 0 Å². The van der Waals surface area contributed by atoms with Crippen molar-refractivity contribution in [2.24, 2.45) is 0 Å². The number of rotatable bonds is 0. The van der Waals surface area contributed by atoms with E-state index < -0.39 is 0 Å². The summed E-state index contributed by atoms with van der Waals surface area (Å²) in [6.07, 6.45) is 11.1. The van der Waals surface area contributed by atoms with Crippen LogP contribution in [0.2, 0.25) is 0 Å². The van der Waals surface area contributed by atoms with E-state index in [1.165, 1.54) is 51.4 Å². The summed E-state index contributed by atoms with van der Waals surface area (Å²) in [7, 11) is 0. The van der Waals surface area contributed by atoms with Crippen LogP contribution in [0.25, 0.3) is 0 Å². The molecule has 0 amide bonds. The van der Waals surface area contributed by atoms with E-state index in [9.17, 15) is 0 Å². The van der Waals surface area contributed by atoms with Crippen molar-refractivity contribution in [3.05, 3.63) is 33.9 Å². The van der Waals surface area contributed by atoms with Gasteiger partial charge in [-0.05, 0) is 86.1 Å². The average Bonchev–Trinajstić information content (AvgIpc) is 2.30. The van der Waals surface area contributed by atoms with E-state index in [2.05, 4.69) is 13.0 Å². The largest absolute Gasteiger partial charge is 0.0555 e. The minimum atomic E-state index is 1.34. The maximum absolute atomic E-state index is 2.48. The van der Waals surface area contributed by atoms with E-state index in [4.69, 9.17) is 0 Å². The fourth-order valence-corrected chi connectivity index (χ4v) is 3.45. The minimum Gasteiger partial charge on any atom is -0.0555 e. The van der Waals surface area contributed by atoms with E-state index in [0.717, 1.165) is 0 Å². The van der Waals surface area contributed by atoms with Crippen LogP contribution in [0.4, 0.5) is 0 Å². The van der Waals surface area contributed by atoms with E-state index in [1.54, 1.807) is 27.8 Å². The van der Waals surface area contributed by atoms with Gasteiger partial charge < -0.3 is 0 Å². The molecule has 0 atom stereocenters. The molecule has 1 aromatic rings. The summed E-state index contributed by atoms with van der Waals surface area (Å²) in [5.41, 5.74) is 8.48. The molecule has 0 nitrogen and oxygen atoms in total. The van der Waals surface area contributed by atoms with Crippen molar-refractivity contribution < 1.29 is 0 Å². The van der Waals surface area contributed by atoms with Crippen LogP contribution < -0.4 is 0 Å². The van der Waals surface area contributed by atoms with Gasteiger partial charge in [-0.2, -0.15) is 0 Å². The molecule has 0 unspecified atom stereocenters. The van der Waals surface area contributed by atoms with E-state index in [-0.39, 0.29) is 0 Å². The summed E-state index contributed by atoms with van der Waals surface area (Å²) in [5.74, 6) is 0. The molecule has 3 rings (SSSR count). The summed E-state index contributed by atoms with van der Waals surface area (Å²) in [6.45, 7) is 2.32. The number of benzene rings is 1. The molecule has 2 aliphatic rings. The van der Waals surface area contributed by atoms with Crippen LogP contribution in [0.1, 0.15) is 53.5 Å². The van der Waals surface area contributed by atoms with Crippen LogP contribution in [0, 0.1) is 6.92 Å². The van der Waals surface area contributed by atoms with Gasteiger partial charge in [0.2, 0.25) is 0 Å². The first-order valence-corrected chi connectivity index (χ1v) is 6.49. The Morgan fingerprint density at radius 1 is 0.733 bits per heavy atom. The first kappa shape index (κ1) is 9.45. The summed E-state index contributed by atoms with van der Waals surface area (Å²) in [5, 5.41) is 0. The van der Waals surface area contributed by atoms with Crippen LogP contribution in [-0.4, -0.2) is 0 Å². The maximum atomic E-state index is 2.48.